The van der Waals surface area contributed by atoms with Crippen LogP contribution in [0.4, 0.5) is 0 Å². The summed E-state index contributed by atoms with van der Waals surface area (Å²) in [4.78, 5) is 39.3. The first kappa shape index (κ1) is 20.5. The van der Waals surface area contributed by atoms with Gasteiger partial charge in [-0.1, -0.05) is 52.3 Å². The lowest BCUT2D eigenvalue weighted by atomic mass is 10.1. The number of hydrogen-bond acceptors (Lipinski definition) is 3. The van der Waals surface area contributed by atoms with Crippen LogP contribution in [0.5, 0.6) is 0 Å². The summed E-state index contributed by atoms with van der Waals surface area (Å²) in [5, 5.41) is 5.50. The quantitative estimate of drug-likeness (QED) is 0.479. The molecule has 3 rings (SSSR count). The Kier molecular flexibility index (Phi) is 6.97. The molecule has 0 radical (unpaired) electrons. The van der Waals surface area contributed by atoms with E-state index < -0.39 is 11.5 Å². The minimum absolute atomic E-state index is 0.0582. The van der Waals surface area contributed by atoms with Gasteiger partial charge in [-0.05, 0) is 42.3 Å². The fourth-order valence-electron chi connectivity index (χ4n) is 2.76. The van der Waals surface area contributed by atoms with Gasteiger partial charge in [0.25, 0.3) is 17.4 Å². The van der Waals surface area contributed by atoms with E-state index in [1.54, 1.807) is 24.3 Å². The molecule has 0 bridgehead atoms. The minimum atomic E-state index is -0.441. The molecule has 0 fully saturated rings. The van der Waals surface area contributed by atoms with E-state index in [9.17, 15) is 14.4 Å². The molecule has 0 saturated heterocycles. The molecule has 29 heavy (non-hydrogen) atoms. The Bertz CT molecular complexity index is 1060. The molecule has 1 heterocycles. The predicted octanol–water partition coefficient (Wildman–Crippen LogP) is 3.35. The Labute approximate surface area is 176 Å². The second-order valence-corrected chi connectivity index (χ2v) is 7.27. The maximum absolute atomic E-state index is 12.2. The highest BCUT2D eigenvalue weighted by Gasteiger charge is 2.11. The lowest BCUT2D eigenvalue weighted by molar-refractivity contribution is 0.0951. The number of amides is 2. The molecule has 3 aromatic rings. The van der Waals surface area contributed by atoms with Gasteiger partial charge >= 0.3 is 0 Å². The standard InChI is InChI=1S/C22H20BrN3O3/c23-17-9-4-8-16(14-17)20(27)24-12-5-13-25-21(28)18-10-11-19(26-22(18)29)15-6-2-1-3-7-15/h1-4,6-11,14H,5,12-13H2,(H,24,27)(H,25,28)(H,26,29). The summed E-state index contributed by atoms with van der Waals surface area (Å²) in [6, 6.07) is 19.8. The Balaban J connectivity index is 1.47. The first-order chi connectivity index (χ1) is 14.0. The molecule has 6 nitrogen and oxygen atoms in total. The molecule has 1 aromatic heterocycles. The molecular weight excluding hydrogens is 434 g/mol. The third-order valence-corrected chi connectivity index (χ3v) is 4.74. The summed E-state index contributed by atoms with van der Waals surface area (Å²) in [5.74, 6) is -0.616. The fourth-order valence-corrected chi connectivity index (χ4v) is 3.16. The second-order valence-electron chi connectivity index (χ2n) is 6.36. The van der Waals surface area contributed by atoms with E-state index in [1.807, 2.05) is 36.4 Å². The maximum Gasteiger partial charge on any atom is 0.261 e. The van der Waals surface area contributed by atoms with Crippen molar-refractivity contribution in [3.05, 3.63) is 92.7 Å². The number of nitrogens with one attached hydrogen (secondary N) is 3. The van der Waals surface area contributed by atoms with Crippen molar-refractivity contribution in [2.24, 2.45) is 0 Å². The van der Waals surface area contributed by atoms with Crippen molar-refractivity contribution >= 4 is 27.7 Å². The van der Waals surface area contributed by atoms with E-state index in [-0.39, 0.29) is 11.5 Å². The number of halogens is 1. The van der Waals surface area contributed by atoms with Crippen LogP contribution in [0.15, 0.2) is 76.0 Å². The molecule has 0 atom stereocenters. The van der Waals surface area contributed by atoms with E-state index in [0.29, 0.717) is 30.8 Å². The van der Waals surface area contributed by atoms with Crippen molar-refractivity contribution in [3.63, 3.8) is 0 Å². The van der Waals surface area contributed by atoms with Gasteiger partial charge in [-0.2, -0.15) is 0 Å². The highest BCUT2D eigenvalue weighted by Crippen LogP contribution is 2.14. The SMILES string of the molecule is O=C(NCCCNC(=O)c1ccc(-c2ccccc2)[nH]c1=O)c1cccc(Br)c1. The monoisotopic (exact) mass is 453 g/mol. The number of hydrogen-bond donors (Lipinski definition) is 3. The zero-order valence-electron chi connectivity index (χ0n) is 15.6. The minimum Gasteiger partial charge on any atom is -0.352 e. The molecule has 2 amide bonds. The fraction of sp³-hybridized carbons (Fsp3) is 0.136. The summed E-state index contributed by atoms with van der Waals surface area (Å²) in [6.45, 7) is 0.756. The average molecular weight is 454 g/mol. The first-order valence-electron chi connectivity index (χ1n) is 9.15. The van der Waals surface area contributed by atoms with Gasteiger partial charge in [0.15, 0.2) is 0 Å². The van der Waals surface area contributed by atoms with Crippen molar-refractivity contribution in [3.8, 4) is 11.3 Å². The number of rotatable bonds is 7. The number of carbonyl (C=O) groups is 2. The molecule has 0 saturated carbocycles. The smallest absolute Gasteiger partial charge is 0.261 e. The highest BCUT2D eigenvalue weighted by atomic mass is 79.9. The van der Waals surface area contributed by atoms with E-state index in [2.05, 4.69) is 31.5 Å². The number of carbonyl (C=O) groups excluding carboxylic acids is 2. The van der Waals surface area contributed by atoms with E-state index in [1.165, 1.54) is 6.07 Å². The van der Waals surface area contributed by atoms with Crippen LogP contribution in [-0.4, -0.2) is 29.9 Å². The molecule has 0 aliphatic carbocycles. The molecule has 2 aromatic carbocycles. The van der Waals surface area contributed by atoms with Gasteiger partial charge in [-0.15, -0.1) is 0 Å². The molecule has 3 N–H and O–H groups in total. The summed E-state index contributed by atoms with van der Waals surface area (Å²) in [6.07, 6.45) is 0.547. The lowest BCUT2D eigenvalue weighted by Gasteiger charge is -2.08. The van der Waals surface area contributed by atoms with Gasteiger partial charge in [-0.25, -0.2) is 0 Å². The lowest BCUT2D eigenvalue weighted by Crippen LogP contribution is -2.32. The van der Waals surface area contributed by atoms with Crippen LogP contribution in [0.1, 0.15) is 27.1 Å². The topological polar surface area (TPSA) is 91.1 Å². The number of H-pyrrole nitrogens is 1. The highest BCUT2D eigenvalue weighted by molar-refractivity contribution is 9.10. The van der Waals surface area contributed by atoms with E-state index in [4.69, 9.17) is 0 Å². The van der Waals surface area contributed by atoms with Crippen LogP contribution in [0, 0.1) is 0 Å². The van der Waals surface area contributed by atoms with E-state index in [0.717, 1.165) is 10.0 Å². The average Bonchev–Trinajstić information content (AvgIpc) is 2.73. The zero-order valence-corrected chi connectivity index (χ0v) is 17.2. The number of aromatic amines is 1. The van der Waals surface area contributed by atoms with Crippen molar-refractivity contribution in [1.82, 2.24) is 15.6 Å². The normalized spacial score (nSPS) is 10.4. The first-order valence-corrected chi connectivity index (χ1v) is 9.94. The Morgan fingerprint density at radius 2 is 1.59 bits per heavy atom. The Morgan fingerprint density at radius 1 is 0.862 bits per heavy atom. The van der Waals surface area contributed by atoms with Crippen LogP contribution in [0.2, 0.25) is 0 Å². The van der Waals surface area contributed by atoms with Gasteiger partial charge in [0.2, 0.25) is 0 Å². The summed E-state index contributed by atoms with van der Waals surface area (Å²) < 4.78 is 0.834. The number of aromatic nitrogens is 1. The van der Waals surface area contributed by atoms with Crippen LogP contribution in [-0.2, 0) is 0 Å². The molecule has 0 aliphatic rings. The van der Waals surface area contributed by atoms with Crippen LogP contribution in [0.25, 0.3) is 11.3 Å². The van der Waals surface area contributed by atoms with Gasteiger partial charge < -0.3 is 15.6 Å². The van der Waals surface area contributed by atoms with Gasteiger partial charge in [0, 0.05) is 28.8 Å². The van der Waals surface area contributed by atoms with Crippen molar-refractivity contribution in [2.75, 3.05) is 13.1 Å². The largest absolute Gasteiger partial charge is 0.352 e. The van der Waals surface area contributed by atoms with E-state index >= 15 is 0 Å². The molecular formula is C22H20BrN3O3. The van der Waals surface area contributed by atoms with Gasteiger partial charge in [0.1, 0.15) is 5.56 Å². The third-order valence-electron chi connectivity index (χ3n) is 4.25. The Morgan fingerprint density at radius 3 is 2.28 bits per heavy atom. The number of benzene rings is 2. The molecule has 0 aliphatic heterocycles. The van der Waals surface area contributed by atoms with Crippen molar-refractivity contribution in [2.45, 2.75) is 6.42 Å². The Hall–Kier alpha value is -3.19. The third kappa shape index (κ3) is 5.65. The maximum atomic E-state index is 12.2. The van der Waals surface area contributed by atoms with Gasteiger partial charge in [-0.3, -0.25) is 14.4 Å². The van der Waals surface area contributed by atoms with Crippen LogP contribution in [0.3, 0.4) is 0 Å². The number of pyridine rings is 1. The molecule has 0 spiro atoms. The summed E-state index contributed by atoms with van der Waals surface area (Å²) >= 11 is 3.33. The molecule has 0 unspecified atom stereocenters. The summed E-state index contributed by atoms with van der Waals surface area (Å²) in [5.41, 5.74) is 1.71. The van der Waals surface area contributed by atoms with Crippen molar-refractivity contribution in [1.29, 1.82) is 0 Å². The summed E-state index contributed by atoms with van der Waals surface area (Å²) in [7, 11) is 0. The molecule has 7 heteroatoms. The van der Waals surface area contributed by atoms with Crippen molar-refractivity contribution < 1.29 is 9.59 Å². The second kappa shape index (κ2) is 9.84. The predicted molar refractivity (Wildman–Crippen MR) is 116 cm³/mol. The van der Waals surface area contributed by atoms with Crippen LogP contribution >= 0.6 is 15.9 Å². The van der Waals surface area contributed by atoms with Gasteiger partial charge in [0.05, 0.1) is 0 Å². The van der Waals surface area contributed by atoms with Crippen LogP contribution < -0.4 is 16.2 Å². The molecule has 148 valence electrons. The zero-order chi connectivity index (χ0) is 20.6.